The topological polar surface area (TPSA) is 0 Å². The minimum absolute atomic E-state index is 0.0288. The molecule has 8 rings (SSSR count). The van der Waals surface area contributed by atoms with E-state index in [2.05, 4.69) is 12.2 Å². The summed E-state index contributed by atoms with van der Waals surface area (Å²) in [6.07, 6.45) is 6.12. The van der Waals surface area contributed by atoms with Crippen LogP contribution in [0.15, 0.2) is 12.2 Å². The molecule has 0 N–H and O–H groups in total. The molecule has 1 aromatic carbocycles. The first-order valence-corrected chi connectivity index (χ1v) is 8.09. The molecule has 22 heavy (non-hydrogen) atoms. The van der Waals surface area contributed by atoms with E-state index in [0.29, 0.717) is 23.7 Å². The highest BCUT2D eigenvalue weighted by Gasteiger charge is 3.01. The molecule has 8 atom stereocenters. The van der Waals surface area contributed by atoms with Gasteiger partial charge in [0, 0.05) is 11.1 Å². The van der Waals surface area contributed by atoms with E-state index in [0.717, 1.165) is 12.8 Å². The van der Waals surface area contributed by atoms with Gasteiger partial charge in [0.05, 0.1) is 0 Å². The van der Waals surface area contributed by atoms with Gasteiger partial charge in [-0.25, -0.2) is 17.6 Å². The number of rotatable bonds is 0. The summed E-state index contributed by atoms with van der Waals surface area (Å²) < 4.78 is 56.5. The average molecular weight is 304 g/mol. The van der Waals surface area contributed by atoms with E-state index in [1.807, 2.05) is 0 Å². The Bertz CT molecular complexity index is 788. The Labute approximate surface area is 124 Å². The summed E-state index contributed by atoms with van der Waals surface area (Å²) in [6.45, 7) is 0. The molecule has 4 heteroatoms. The van der Waals surface area contributed by atoms with Crippen molar-refractivity contribution in [3.8, 4) is 0 Å². The van der Waals surface area contributed by atoms with Crippen LogP contribution < -0.4 is 0 Å². The van der Waals surface area contributed by atoms with Gasteiger partial charge >= 0.3 is 0 Å². The lowest BCUT2D eigenvalue weighted by atomic mass is 9.00. The van der Waals surface area contributed by atoms with Gasteiger partial charge in [-0.15, -0.1) is 0 Å². The summed E-state index contributed by atoms with van der Waals surface area (Å²) in [4.78, 5) is 0. The third-order valence-electron chi connectivity index (χ3n) is 8.64. The predicted molar refractivity (Wildman–Crippen MR) is 69.0 cm³/mol. The van der Waals surface area contributed by atoms with E-state index in [4.69, 9.17) is 0 Å². The van der Waals surface area contributed by atoms with E-state index in [1.54, 1.807) is 0 Å². The third-order valence-corrected chi connectivity index (χ3v) is 8.64. The van der Waals surface area contributed by atoms with E-state index in [-0.39, 0.29) is 33.8 Å². The van der Waals surface area contributed by atoms with Gasteiger partial charge in [-0.3, -0.25) is 0 Å². The molecular weight excluding hydrogens is 292 g/mol. The third kappa shape index (κ3) is 0.625. The first-order chi connectivity index (χ1) is 10.6. The van der Waals surface area contributed by atoms with Crippen molar-refractivity contribution in [3.05, 3.63) is 46.5 Å². The standard InChI is InChI=1S/C18H12F4/c19-13-7-8(14(20)16(22)15(13)21)10-6-5-9(7)17-3-1-2-4-18(10,17)12(6)11(5)17/h1-2,5-6,9-12H,3-4H2/t5-,6+,9-,10-,11-,12-,17+,18-/m1/s1. The lowest BCUT2D eigenvalue weighted by Gasteiger charge is -3.03. The van der Waals surface area contributed by atoms with Crippen molar-refractivity contribution in [2.75, 3.05) is 0 Å². The molecule has 0 aromatic heterocycles. The maximum atomic E-state index is 14.5. The van der Waals surface area contributed by atoms with Crippen LogP contribution in [0.1, 0.15) is 35.8 Å². The Hall–Kier alpha value is -1.32. The smallest absolute Gasteiger partial charge is 0.197 e. The number of hydrogen-bond acceptors (Lipinski definition) is 0. The van der Waals surface area contributed by atoms with Crippen molar-refractivity contribution in [2.24, 2.45) is 34.5 Å². The van der Waals surface area contributed by atoms with Gasteiger partial charge in [0.25, 0.3) is 0 Å². The highest BCUT2D eigenvalue weighted by molar-refractivity contribution is 5.63. The van der Waals surface area contributed by atoms with Crippen molar-refractivity contribution in [2.45, 2.75) is 24.7 Å². The van der Waals surface area contributed by atoms with Crippen molar-refractivity contribution < 1.29 is 17.6 Å². The highest BCUT2D eigenvalue weighted by atomic mass is 19.2. The molecule has 2 bridgehead atoms. The molecule has 0 heterocycles. The number of benzene rings is 1. The molecule has 0 nitrogen and oxygen atoms in total. The molecule has 0 saturated heterocycles. The Morgan fingerprint density at radius 3 is 1.50 bits per heavy atom. The van der Waals surface area contributed by atoms with Crippen LogP contribution in [-0.2, 0) is 0 Å². The summed E-state index contributed by atoms with van der Waals surface area (Å²) in [5, 5.41) is 0. The van der Waals surface area contributed by atoms with Crippen LogP contribution in [0.2, 0.25) is 0 Å². The number of hydrogen-bond donors (Lipinski definition) is 0. The van der Waals surface area contributed by atoms with Crippen LogP contribution in [0.25, 0.3) is 0 Å². The van der Waals surface area contributed by atoms with Crippen molar-refractivity contribution in [3.63, 3.8) is 0 Å². The fourth-order valence-electron chi connectivity index (χ4n) is 8.60. The van der Waals surface area contributed by atoms with Gasteiger partial charge in [0.15, 0.2) is 23.3 Å². The molecule has 0 amide bonds. The lowest BCUT2D eigenvalue weighted by Crippen LogP contribution is -2.98. The van der Waals surface area contributed by atoms with Crippen molar-refractivity contribution in [1.82, 2.24) is 0 Å². The second-order valence-electron chi connectivity index (χ2n) is 8.21. The maximum Gasteiger partial charge on any atom is 0.197 e. The SMILES string of the molecule is Fc1c(F)c(F)c2c(c1F)[C@H]1[C@@H]3[C@H]4[C@@H]5[C@@H]3[C@@]13CC=CC[C@]53[C@@H]24. The van der Waals surface area contributed by atoms with Crippen molar-refractivity contribution >= 4 is 0 Å². The molecule has 0 radical (unpaired) electrons. The Balaban J connectivity index is 1.62. The minimum atomic E-state index is -1.62. The Morgan fingerprint density at radius 2 is 1.09 bits per heavy atom. The first kappa shape index (κ1) is 11.3. The largest absolute Gasteiger partial charge is 0.203 e. The number of halogens is 4. The maximum absolute atomic E-state index is 14.5. The highest BCUT2D eigenvalue weighted by Crippen LogP contribution is 3.06. The van der Waals surface area contributed by atoms with E-state index < -0.39 is 23.3 Å². The summed E-state index contributed by atoms with van der Waals surface area (Å²) in [6, 6.07) is 0. The fourth-order valence-corrected chi connectivity index (χ4v) is 8.60. The summed E-state index contributed by atoms with van der Waals surface area (Å²) >= 11 is 0. The van der Waals surface area contributed by atoms with Crippen LogP contribution in [0.5, 0.6) is 0 Å². The molecule has 7 aliphatic carbocycles. The molecule has 0 aliphatic heterocycles. The molecule has 4 saturated carbocycles. The predicted octanol–water partition coefficient (Wildman–Crippen LogP) is 4.27. The Kier molecular flexibility index (Phi) is 1.37. The summed E-state index contributed by atoms with van der Waals surface area (Å²) in [5.41, 5.74) is 0.452. The van der Waals surface area contributed by atoms with E-state index >= 15 is 0 Å². The zero-order valence-electron chi connectivity index (χ0n) is 11.5. The quantitative estimate of drug-likeness (QED) is 0.291. The van der Waals surface area contributed by atoms with E-state index in [1.165, 1.54) is 0 Å². The molecule has 1 aromatic rings. The normalized spacial score (nSPS) is 56.0. The van der Waals surface area contributed by atoms with Gasteiger partial charge in [0.2, 0.25) is 0 Å². The molecule has 2 spiro atoms. The first-order valence-electron chi connectivity index (χ1n) is 8.09. The molecule has 0 unspecified atom stereocenters. The minimum Gasteiger partial charge on any atom is -0.203 e. The van der Waals surface area contributed by atoms with Gasteiger partial charge < -0.3 is 0 Å². The molecule has 4 fully saturated rings. The van der Waals surface area contributed by atoms with Crippen LogP contribution in [0.3, 0.4) is 0 Å². The van der Waals surface area contributed by atoms with Gasteiger partial charge in [0.1, 0.15) is 0 Å². The average Bonchev–Trinajstić information content (AvgIpc) is 2.50. The van der Waals surface area contributed by atoms with Crippen LogP contribution in [0, 0.1) is 57.8 Å². The molecule has 7 aliphatic rings. The van der Waals surface area contributed by atoms with Crippen LogP contribution in [-0.4, -0.2) is 0 Å². The lowest BCUT2D eigenvalue weighted by molar-refractivity contribution is -0.516. The Morgan fingerprint density at radius 1 is 0.682 bits per heavy atom. The molecular formula is C18H12F4. The summed E-state index contributed by atoms with van der Waals surface area (Å²) in [5.74, 6) is -3.58. The van der Waals surface area contributed by atoms with Crippen LogP contribution in [0.4, 0.5) is 17.6 Å². The second-order valence-corrected chi connectivity index (χ2v) is 8.21. The van der Waals surface area contributed by atoms with Gasteiger partial charge in [-0.2, -0.15) is 0 Å². The van der Waals surface area contributed by atoms with Gasteiger partial charge in [-0.1, -0.05) is 12.2 Å². The monoisotopic (exact) mass is 304 g/mol. The van der Waals surface area contributed by atoms with Crippen molar-refractivity contribution in [1.29, 1.82) is 0 Å². The van der Waals surface area contributed by atoms with Crippen LogP contribution >= 0.6 is 0 Å². The zero-order chi connectivity index (χ0) is 14.8. The van der Waals surface area contributed by atoms with Gasteiger partial charge in [-0.05, 0) is 59.2 Å². The zero-order valence-corrected chi connectivity index (χ0v) is 11.5. The summed E-state index contributed by atoms with van der Waals surface area (Å²) in [7, 11) is 0. The fraction of sp³-hybridized carbons (Fsp3) is 0.556. The molecule has 112 valence electrons. The number of allylic oxidation sites excluding steroid dienone is 2. The second kappa shape index (κ2) is 2.67. The van der Waals surface area contributed by atoms with E-state index in [9.17, 15) is 17.6 Å².